The summed E-state index contributed by atoms with van der Waals surface area (Å²) in [7, 11) is 0. The number of benzene rings is 1. The topological polar surface area (TPSA) is 91.3 Å². The Bertz CT molecular complexity index is 1100. The van der Waals surface area contributed by atoms with Crippen LogP contribution in [0.1, 0.15) is 25.3 Å². The van der Waals surface area contributed by atoms with E-state index < -0.39 is 0 Å². The fourth-order valence-corrected chi connectivity index (χ4v) is 4.28. The molecule has 0 spiro atoms. The second kappa shape index (κ2) is 6.71. The summed E-state index contributed by atoms with van der Waals surface area (Å²) in [6.45, 7) is 12.9. The largest absolute Gasteiger partial charge is 0.355 e. The summed E-state index contributed by atoms with van der Waals surface area (Å²) in [5.74, 6) is 1.68. The Morgan fingerprint density at radius 2 is 2.10 bits per heavy atom. The highest BCUT2D eigenvalue weighted by Crippen LogP contribution is 2.38. The molecule has 1 aromatic carbocycles. The standard InChI is InChI=1S/C21H24N8/c1-21(13-22)6-9-28(10-7-21)17-12-24-18-19(25-17)26-27-20(18)29-8-5-14-11-15(23-2)3-4-16(14)29/h3-4,11-12H,5-10,13,22H2,1H3,(H,25,26,27). The predicted molar refractivity (Wildman–Crippen MR) is 114 cm³/mol. The van der Waals surface area contributed by atoms with Crippen molar-refractivity contribution >= 4 is 34.2 Å². The van der Waals surface area contributed by atoms with E-state index in [0.717, 1.165) is 68.3 Å². The first-order valence-corrected chi connectivity index (χ1v) is 10.0. The number of nitrogens with one attached hydrogen (secondary N) is 1. The average Bonchev–Trinajstić information content (AvgIpc) is 3.36. The van der Waals surface area contributed by atoms with Crippen LogP contribution in [0, 0.1) is 12.0 Å². The molecule has 5 rings (SSSR count). The number of H-pyrrole nitrogens is 1. The monoisotopic (exact) mass is 388 g/mol. The van der Waals surface area contributed by atoms with Crippen molar-refractivity contribution in [3.8, 4) is 0 Å². The highest BCUT2D eigenvalue weighted by Gasteiger charge is 2.30. The lowest BCUT2D eigenvalue weighted by molar-refractivity contribution is 0.258. The van der Waals surface area contributed by atoms with Gasteiger partial charge in [0.05, 0.1) is 12.8 Å². The minimum Gasteiger partial charge on any atom is -0.355 e. The van der Waals surface area contributed by atoms with Crippen LogP contribution in [0.25, 0.3) is 16.0 Å². The molecule has 1 fully saturated rings. The zero-order valence-corrected chi connectivity index (χ0v) is 16.5. The lowest BCUT2D eigenvalue weighted by atomic mass is 9.80. The molecule has 3 aromatic rings. The van der Waals surface area contributed by atoms with Gasteiger partial charge in [0.2, 0.25) is 0 Å². The van der Waals surface area contributed by atoms with Crippen LogP contribution < -0.4 is 15.5 Å². The molecule has 0 bridgehead atoms. The Morgan fingerprint density at radius 3 is 2.86 bits per heavy atom. The predicted octanol–water partition coefficient (Wildman–Crippen LogP) is 3.16. The molecule has 29 heavy (non-hydrogen) atoms. The zero-order chi connectivity index (χ0) is 20.0. The summed E-state index contributed by atoms with van der Waals surface area (Å²) < 4.78 is 0. The summed E-state index contributed by atoms with van der Waals surface area (Å²) in [6.07, 6.45) is 4.88. The van der Waals surface area contributed by atoms with Crippen LogP contribution in [0.5, 0.6) is 0 Å². The molecule has 3 N–H and O–H groups in total. The van der Waals surface area contributed by atoms with E-state index in [1.165, 1.54) is 5.56 Å². The van der Waals surface area contributed by atoms with Gasteiger partial charge in [0.1, 0.15) is 5.82 Å². The number of hydrogen-bond donors (Lipinski definition) is 2. The quantitative estimate of drug-likeness (QED) is 0.670. The number of fused-ring (bicyclic) bond motifs is 2. The number of nitrogens with zero attached hydrogens (tertiary/aromatic N) is 6. The molecule has 0 saturated carbocycles. The summed E-state index contributed by atoms with van der Waals surface area (Å²) >= 11 is 0. The molecule has 4 heterocycles. The van der Waals surface area contributed by atoms with Crippen LogP contribution in [0.4, 0.5) is 23.0 Å². The van der Waals surface area contributed by atoms with Crippen molar-refractivity contribution in [2.24, 2.45) is 11.1 Å². The van der Waals surface area contributed by atoms with E-state index in [2.05, 4.69) is 31.8 Å². The first kappa shape index (κ1) is 17.9. The van der Waals surface area contributed by atoms with Crippen LogP contribution in [-0.4, -0.2) is 46.3 Å². The van der Waals surface area contributed by atoms with Gasteiger partial charge in [-0.05, 0) is 42.9 Å². The van der Waals surface area contributed by atoms with Crippen molar-refractivity contribution in [3.63, 3.8) is 0 Å². The maximum absolute atomic E-state index is 7.21. The Kier molecular flexibility index (Phi) is 4.14. The van der Waals surface area contributed by atoms with Crippen molar-refractivity contribution in [2.45, 2.75) is 26.2 Å². The number of piperidine rings is 1. The molecule has 2 aliphatic rings. The minimum atomic E-state index is 0.228. The lowest BCUT2D eigenvalue weighted by Gasteiger charge is -2.39. The van der Waals surface area contributed by atoms with E-state index in [4.69, 9.17) is 22.3 Å². The highest BCUT2D eigenvalue weighted by atomic mass is 15.3. The fraction of sp³-hybridized carbons (Fsp3) is 0.429. The zero-order valence-electron chi connectivity index (χ0n) is 16.5. The van der Waals surface area contributed by atoms with Crippen LogP contribution >= 0.6 is 0 Å². The minimum absolute atomic E-state index is 0.228. The van der Waals surface area contributed by atoms with E-state index in [1.54, 1.807) is 0 Å². The third-order valence-electron chi connectivity index (χ3n) is 6.37. The molecule has 2 aromatic heterocycles. The van der Waals surface area contributed by atoms with Gasteiger partial charge >= 0.3 is 0 Å². The first-order chi connectivity index (χ1) is 14.1. The van der Waals surface area contributed by atoms with Crippen molar-refractivity contribution in [2.75, 3.05) is 36.0 Å². The van der Waals surface area contributed by atoms with E-state index in [-0.39, 0.29) is 5.41 Å². The van der Waals surface area contributed by atoms with Crippen molar-refractivity contribution in [1.82, 2.24) is 20.2 Å². The third-order valence-corrected chi connectivity index (χ3v) is 6.37. The van der Waals surface area contributed by atoms with Crippen LogP contribution in [-0.2, 0) is 6.42 Å². The Balaban J connectivity index is 1.42. The van der Waals surface area contributed by atoms with Gasteiger partial charge in [0.25, 0.3) is 0 Å². The van der Waals surface area contributed by atoms with Gasteiger partial charge in [-0.15, -0.1) is 0 Å². The molecule has 8 nitrogen and oxygen atoms in total. The smallest absolute Gasteiger partial charge is 0.187 e. The second-order valence-electron chi connectivity index (χ2n) is 8.30. The number of rotatable bonds is 3. The molecule has 2 aliphatic heterocycles. The first-order valence-electron chi connectivity index (χ1n) is 10.0. The molecular weight excluding hydrogens is 364 g/mol. The average molecular weight is 388 g/mol. The maximum Gasteiger partial charge on any atom is 0.187 e. The molecular formula is C21H24N8. The van der Waals surface area contributed by atoms with E-state index in [9.17, 15) is 0 Å². The van der Waals surface area contributed by atoms with Gasteiger partial charge in [-0.25, -0.2) is 14.8 Å². The molecule has 0 radical (unpaired) electrons. The number of aromatic amines is 1. The summed E-state index contributed by atoms with van der Waals surface area (Å²) in [4.78, 5) is 17.5. The number of hydrogen-bond acceptors (Lipinski definition) is 6. The molecule has 148 valence electrons. The molecule has 0 aliphatic carbocycles. The van der Waals surface area contributed by atoms with E-state index >= 15 is 0 Å². The Labute approximate surface area is 169 Å². The lowest BCUT2D eigenvalue weighted by Crippen LogP contribution is -2.42. The maximum atomic E-state index is 7.21. The summed E-state index contributed by atoms with van der Waals surface area (Å²) in [6, 6.07) is 5.82. The summed E-state index contributed by atoms with van der Waals surface area (Å²) in [5.41, 5.74) is 10.6. The van der Waals surface area contributed by atoms with Crippen LogP contribution in [0.15, 0.2) is 24.4 Å². The van der Waals surface area contributed by atoms with Crippen molar-refractivity contribution in [1.29, 1.82) is 0 Å². The molecule has 1 saturated heterocycles. The van der Waals surface area contributed by atoms with Gasteiger partial charge in [0, 0.05) is 25.3 Å². The Hall–Kier alpha value is -3.18. The summed E-state index contributed by atoms with van der Waals surface area (Å²) in [5, 5.41) is 7.59. The third kappa shape index (κ3) is 2.98. The molecule has 0 unspecified atom stereocenters. The van der Waals surface area contributed by atoms with Gasteiger partial charge in [-0.3, -0.25) is 5.10 Å². The van der Waals surface area contributed by atoms with Crippen molar-refractivity contribution in [3.05, 3.63) is 41.4 Å². The van der Waals surface area contributed by atoms with E-state index in [1.807, 2.05) is 24.4 Å². The van der Waals surface area contributed by atoms with Gasteiger partial charge in [-0.2, -0.15) is 5.10 Å². The number of aromatic nitrogens is 4. The van der Waals surface area contributed by atoms with Gasteiger partial charge in [-0.1, -0.05) is 19.1 Å². The fourth-order valence-electron chi connectivity index (χ4n) is 4.28. The number of nitrogens with two attached hydrogens (primary N) is 1. The van der Waals surface area contributed by atoms with Crippen LogP contribution in [0.2, 0.25) is 0 Å². The SMILES string of the molecule is [C-]#[N+]c1ccc2c(c1)CCN2c1n[nH]c2nc(N3CCC(C)(CN)CC3)cnc12. The molecule has 0 atom stereocenters. The van der Waals surface area contributed by atoms with Gasteiger partial charge in [0.15, 0.2) is 22.7 Å². The normalized spacial score (nSPS) is 18.1. The van der Waals surface area contributed by atoms with Gasteiger partial charge < -0.3 is 15.5 Å². The number of anilines is 3. The second-order valence-corrected chi connectivity index (χ2v) is 8.30. The molecule has 0 amide bonds. The van der Waals surface area contributed by atoms with Crippen molar-refractivity contribution < 1.29 is 0 Å². The van der Waals surface area contributed by atoms with Crippen LogP contribution in [0.3, 0.4) is 0 Å². The molecule has 8 heteroatoms. The van der Waals surface area contributed by atoms with E-state index in [0.29, 0.717) is 11.3 Å². The Morgan fingerprint density at radius 1 is 1.28 bits per heavy atom. The highest BCUT2D eigenvalue weighted by molar-refractivity contribution is 5.88.